The molecule has 0 N–H and O–H groups in total. The molecule has 0 fully saturated rings. The summed E-state index contributed by atoms with van der Waals surface area (Å²) in [5.74, 6) is -0.714. The second-order valence-corrected chi connectivity index (χ2v) is 13.3. The number of benzene rings is 4. The highest BCUT2D eigenvalue weighted by Gasteiger charge is 2.36. The van der Waals surface area contributed by atoms with Crippen LogP contribution in [0.3, 0.4) is 0 Å². The fourth-order valence-corrected chi connectivity index (χ4v) is 7.46. The van der Waals surface area contributed by atoms with E-state index in [2.05, 4.69) is 91.0 Å². The highest BCUT2D eigenvalue weighted by Crippen LogP contribution is 2.51. The van der Waals surface area contributed by atoms with Crippen LogP contribution in [0.5, 0.6) is 0 Å². The van der Waals surface area contributed by atoms with Crippen LogP contribution < -0.4 is 0 Å². The van der Waals surface area contributed by atoms with Gasteiger partial charge in [0.05, 0.1) is 0 Å². The van der Waals surface area contributed by atoms with Crippen LogP contribution in [-0.4, -0.2) is 14.5 Å². The minimum atomic E-state index is -0.824. The second-order valence-electron chi connectivity index (χ2n) is 13.3. The van der Waals surface area contributed by atoms with Crippen molar-refractivity contribution in [3.05, 3.63) is 138 Å². The van der Waals surface area contributed by atoms with E-state index in [4.69, 9.17) is 9.40 Å². The lowest BCUT2D eigenvalue weighted by atomic mass is 9.79. The standard InChI is InChI=1S/C40H29F2N3O/c1-39(2)31-20-24(11-13-28(31)29-14-12-25(21-32(29)39)27-15-16-34(41)43-37(27)42)23-7-6-8-26(19-23)40(3)18-17-35-44-36-30-9-4-5-10-33(30)46-38(36)45(35)22-40/h4-21H,22H2,1-3H3. The first-order valence-electron chi connectivity index (χ1n) is 15.5. The molecule has 4 aromatic carbocycles. The third-order valence-corrected chi connectivity index (χ3v) is 10.0. The van der Waals surface area contributed by atoms with Crippen molar-refractivity contribution >= 4 is 28.3 Å². The van der Waals surface area contributed by atoms with Crippen molar-refractivity contribution in [2.45, 2.75) is 38.1 Å². The lowest BCUT2D eigenvalue weighted by Gasteiger charge is -2.31. The molecule has 0 amide bonds. The quantitative estimate of drug-likeness (QED) is 0.188. The monoisotopic (exact) mass is 605 g/mol. The molecule has 0 bridgehead atoms. The number of fused-ring (bicyclic) bond motifs is 8. The fraction of sp³-hybridized carbons (Fsp3) is 0.150. The summed E-state index contributed by atoms with van der Waals surface area (Å²) < 4.78 is 36.5. The van der Waals surface area contributed by atoms with Crippen LogP contribution in [0.4, 0.5) is 8.78 Å². The maximum atomic E-state index is 14.6. The number of rotatable bonds is 3. The lowest BCUT2D eigenvalue weighted by Crippen LogP contribution is -2.29. The van der Waals surface area contributed by atoms with E-state index in [-0.39, 0.29) is 10.8 Å². The Balaban J connectivity index is 1.07. The van der Waals surface area contributed by atoms with Crippen LogP contribution in [0.25, 0.3) is 61.7 Å². The second kappa shape index (κ2) is 9.33. The molecule has 1 aliphatic heterocycles. The Labute approximate surface area is 264 Å². The number of aromatic nitrogens is 3. The minimum Gasteiger partial charge on any atom is -0.438 e. The van der Waals surface area contributed by atoms with Gasteiger partial charge in [-0.25, -0.2) is 4.98 Å². The van der Waals surface area contributed by atoms with E-state index in [0.717, 1.165) is 56.8 Å². The molecule has 1 aliphatic carbocycles. The molecular formula is C40H29F2N3O. The zero-order valence-corrected chi connectivity index (χ0v) is 25.6. The number of halogens is 2. The maximum Gasteiger partial charge on any atom is 0.228 e. The summed E-state index contributed by atoms with van der Waals surface area (Å²) in [5.41, 5.74) is 11.1. The highest BCUT2D eigenvalue weighted by atomic mass is 19.1. The Hall–Kier alpha value is -5.36. The van der Waals surface area contributed by atoms with E-state index < -0.39 is 11.9 Å². The van der Waals surface area contributed by atoms with Gasteiger partial charge in [-0.3, -0.25) is 4.57 Å². The van der Waals surface area contributed by atoms with Crippen molar-refractivity contribution in [3.63, 3.8) is 0 Å². The molecule has 0 radical (unpaired) electrons. The van der Waals surface area contributed by atoms with Gasteiger partial charge < -0.3 is 4.42 Å². The number of allylic oxidation sites excluding steroid dienone is 1. The number of hydrogen-bond acceptors (Lipinski definition) is 3. The molecular weight excluding hydrogens is 576 g/mol. The Morgan fingerprint density at radius 1 is 0.717 bits per heavy atom. The first-order valence-corrected chi connectivity index (χ1v) is 15.5. The first kappa shape index (κ1) is 27.0. The number of furan rings is 1. The van der Waals surface area contributed by atoms with Gasteiger partial charge in [0.15, 0.2) is 0 Å². The Morgan fingerprint density at radius 2 is 1.43 bits per heavy atom. The molecule has 1 atom stereocenters. The maximum absolute atomic E-state index is 14.6. The van der Waals surface area contributed by atoms with Crippen LogP contribution in [0, 0.1) is 11.9 Å². The molecule has 3 aromatic heterocycles. The van der Waals surface area contributed by atoms with Gasteiger partial charge in [0.25, 0.3) is 0 Å². The third-order valence-electron chi connectivity index (χ3n) is 10.0. The summed E-state index contributed by atoms with van der Waals surface area (Å²) in [4.78, 5) is 8.30. The topological polar surface area (TPSA) is 43.9 Å². The predicted molar refractivity (Wildman–Crippen MR) is 178 cm³/mol. The van der Waals surface area contributed by atoms with E-state index in [9.17, 15) is 8.78 Å². The summed E-state index contributed by atoms with van der Waals surface area (Å²) in [5, 5.41) is 1.04. The summed E-state index contributed by atoms with van der Waals surface area (Å²) in [7, 11) is 0. The normalized spacial score (nSPS) is 17.8. The fourth-order valence-electron chi connectivity index (χ4n) is 7.46. The van der Waals surface area contributed by atoms with Crippen LogP contribution in [0.2, 0.25) is 0 Å². The molecule has 46 heavy (non-hydrogen) atoms. The van der Waals surface area contributed by atoms with E-state index >= 15 is 0 Å². The van der Waals surface area contributed by atoms with Gasteiger partial charge in [-0.15, -0.1) is 0 Å². The van der Waals surface area contributed by atoms with Crippen molar-refractivity contribution in [3.8, 4) is 33.4 Å². The Morgan fingerprint density at radius 3 is 2.24 bits per heavy atom. The number of nitrogens with zero attached hydrogens (tertiary/aromatic N) is 3. The van der Waals surface area contributed by atoms with Crippen LogP contribution >= 0.6 is 0 Å². The summed E-state index contributed by atoms with van der Waals surface area (Å²) in [6, 6.07) is 32.1. The zero-order valence-electron chi connectivity index (χ0n) is 25.6. The van der Waals surface area contributed by atoms with Gasteiger partial charge >= 0.3 is 0 Å². The van der Waals surface area contributed by atoms with Crippen LogP contribution in [-0.2, 0) is 17.4 Å². The molecule has 4 nitrogen and oxygen atoms in total. The smallest absolute Gasteiger partial charge is 0.228 e. The number of imidazole rings is 1. The lowest BCUT2D eigenvalue weighted by molar-refractivity contribution is 0.463. The van der Waals surface area contributed by atoms with Gasteiger partial charge in [0.2, 0.25) is 17.6 Å². The average molecular weight is 606 g/mol. The van der Waals surface area contributed by atoms with Gasteiger partial charge in [-0.2, -0.15) is 13.8 Å². The molecule has 6 heteroatoms. The summed E-state index contributed by atoms with van der Waals surface area (Å²) in [6.07, 6.45) is 4.37. The molecule has 224 valence electrons. The highest BCUT2D eigenvalue weighted by molar-refractivity contribution is 6.02. The SMILES string of the molecule is CC1(c2cccc(-c3ccc4c(c3)C(C)(C)c3cc(-c5ccc(F)nc5F)ccc3-4)c2)C=Cc2nc3c4ccccc4oc3n2C1. The molecule has 7 aromatic rings. The van der Waals surface area contributed by atoms with Crippen LogP contribution in [0.15, 0.2) is 108 Å². The van der Waals surface area contributed by atoms with Crippen molar-refractivity contribution in [2.75, 3.05) is 0 Å². The number of para-hydroxylation sites is 1. The van der Waals surface area contributed by atoms with E-state index in [1.54, 1.807) is 0 Å². The molecule has 0 saturated heterocycles. The largest absolute Gasteiger partial charge is 0.438 e. The number of hydrogen-bond donors (Lipinski definition) is 0. The van der Waals surface area contributed by atoms with E-state index in [0.29, 0.717) is 11.1 Å². The predicted octanol–water partition coefficient (Wildman–Crippen LogP) is 10.1. The average Bonchev–Trinajstić information content (AvgIpc) is 3.67. The molecule has 0 saturated carbocycles. The summed E-state index contributed by atoms with van der Waals surface area (Å²) in [6.45, 7) is 7.39. The van der Waals surface area contributed by atoms with Crippen molar-refractivity contribution in [1.82, 2.24) is 14.5 Å². The van der Waals surface area contributed by atoms with Gasteiger partial charge in [-0.1, -0.05) is 87.5 Å². The Bertz CT molecular complexity index is 2430. The van der Waals surface area contributed by atoms with Gasteiger partial charge in [0.1, 0.15) is 16.9 Å². The van der Waals surface area contributed by atoms with Gasteiger partial charge in [-0.05, 0) is 87.0 Å². The first-order chi connectivity index (χ1) is 22.2. The van der Waals surface area contributed by atoms with Crippen molar-refractivity contribution in [2.24, 2.45) is 0 Å². The molecule has 4 heterocycles. The molecule has 9 rings (SSSR count). The van der Waals surface area contributed by atoms with Crippen molar-refractivity contribution < 1.29 is 13.2 Å². The van der Waals surface area contributed by atoms with E-state index in [1.165, 1.54) is 28.8 Å². The molecule has 1 unspecified atom stereocenters. The van der Waals surface area contributed by atoms with Gasteiger partial charge in [0, 0.05) is 28.3 Å². The molecule has 2 aliphatic rings. The van der Waals surface area contributed by atoms with Crippen LogP contribution in [0.1, 0.15) is 43.3 Å². The zero-order chi connectivity index (χ0) is 31.4. The van der Waals surface area contributed by atoms with Crippen molar-refractivity contribution in [1.29, 1.82) is 0 Å². The minimum absolute atomic E-state index is 0.261. The Kier molecular flexibility index (Phi) is 5.48. The summed E-state index contributed by atoms with van der Waals surface area (Å²) >= 11 is 0. The molecule has 0 spiro atoms. The third kappa shape index (κ3) is 3.82. The van der Waals surface area contributed by atoms with E-state index in [1.807, 2.05) is 36.4 Å². The number of pyridine rings is 1.